The normalized spacial score (nSPS) is 22.4. The van der Waals surface area contributed by atoms with E-state index >= 15 is 0 Å². The van der Waals surface area contributed by atoms with Crippen LogP contribution in [0.15, 0.2) is 0 Å². The highest BCUT2D eigenvalue weighted by atomic mass is 16.2. The summed E-state index contributed by atoms with van der Waals surface area (Å²) in [6.07, 6.45) is 0.299. The van der Waals surface area contributed by atoms with Crippen LogP contribution in [0.5, 0.6) is 0 Å². The monoisotopic (exact) mass is 226 g/mol. The van der Waals surface area contributed by atoms with Crippen LogP contribution < -0.4 is 5.32 Å². The molecule has 4 nitrogen and oxygen atoms in total. The highest BCUT2D eigenvalue weighted by Crippen LogP contribution is 2.18. The molecule has 0 spiro atoms. The molecule has 1 aliphatic rings. The molecule has 1 atom stereocenters. The van der Waals surface area contributed by atoms with E-state index in [4.69, 9.17) is 0 Å². The van der Waals surface area contributed by atoms with Gasteiger partial charge < -0.3 is 5.32 Å². The van der Waals surface area contributed by atoms with E-state index in [1.54, 1.807) is 0 Å². The Balaban J connectivity index is 2.59. The van der Waals surface area contributed by atoms with Gasteiger partial charge in [-0.1, -0.05) is 20.8 Å². The van der Waals surface area contributed by atoms with Gasteiger partial charge in [0.05, 0.1) is 12.5 Å². The zero-order chi connectivity index (χ0) is 12.5. The lowest BCUT2D eigenvalue weighted by atomic mass is 9.96. The summed E-state index contributed by atoms with van der Waals surface area (Å²) in [6, 6.07) is -0.365. The Kier molecular flexibility index (Phi) is 3.73. The fourth-order valence-electron chi connectivity index (χ4n) is 1.78. The minimum Gasteiger partial charge on any atom is -0.305 e. The first-order valence-corrected chi connectivity index (χ1v) is 5.81. The summed E-state index contributed by atoms with van der Waals surface area (Å²) in [5.41, 5.74) is 0.120. The second-order valence-corrected chi connectivity index (χ2v) is 5.89. The number of hydrogen-bond donors (Lipinski definition) is 1. The number of nitrogens with one attached hydrogen (secondary N) is 1. The highest BCUT2D eigenvalue weighted by molar-refractivity contribution is 6.05. The molecule has 16 heavy (non-hydrogen) atoms. The second-order valence-electron chi connectivity index (χ2n) is 5.89. The van der Waals surface area contributed by atoms with Crippen LogP contribution in [0.1, 0.15) is 41.0 Å². The lowest BCUT2D eigenvalue weighted by Crippen LogP contribution is -2.43. The van der Waals surface area contributed by atoms with Crippen molar-refractivity contribution in [3.63, 3.8) is 0 Å². The van der Waals surface area contributed by atoms with Gasteiger partial charge in [0, 0.05) is 12.6 Å². The van der Waals surface area contributed by atoms with Gasteiger partial charge >= 0.3 is 0 Å². The molecule has 1 rings (SSSR count). The number of rotatable bonds is 3. The zero-order valence-corrected chi connectivity index (χ0v) is 10.8. The van der Waals surface area contributed by atoms with Gasteiger partial charge in [-0.05, 0) is 19.3 Å². The van der Waals surface area contributed by atoms with E-state index in [0.29, 0.717) is 6.42 Å². The van der Waals surface area contributed by atoms with Gasteiger partial charge in [-0.25, -0.2) is 0 Å². The summed E-state index contributed by atoms with van der Waals surface area (Å²) in [5.74, 6) is -0.143. The maximum atomic E-state index is 11.9. The number of nitrogens with zero attached hydrogens (tertiary/aromatic N) is 1. The molecular weight excluding hydrogens is 204 g/mol. The molecule has 1 unspecified atom stereocenters. The topological polar surface area (TPSA) is 49.4 Å². The second kappa shape index (κ2) is 4.53. The highest BCUT2D eigenvalue weighted by Gasteiger charge is 2.39. The largest absolute Gasteiger partial charge is 0.305 e. The van der Waals surface area contributed by atoms with Crippen molar-refractivity contribution in [1.29, 1.82) is 0 Å². The fraction of sp³-hybridized carbons (Fsp3) is 0.833. The number of hydrogen-bond acceptors (Lipinski definition) is 3. The van der Waals surface area contributed by atoms with E-state index in [1.165, 1.54) is 4.90 Å². The van der Waals surface area contributed by atoms with E-state index in [2.05, 4.69) is 26.1 Å². The molecule has 2 amide bonds. The Morgan fingerprint density at radius 1 is 1.38 bits per heavy atom. The van der Waals surface area contributed by atoms with Crippen LogP contribution in [0.25, 0.3) is 0 Å². The number of carbonyl (C=O) groups excluding carboxylic acids is 2. The van der Waals surface area contributed by atoms with Crippen molar-refractivity contribution in [2.24, 2.45) is 5.41 Å². The van der Waals surface area contributed by atoms with E-state index in [1.807, 2.05) is 13.8 Å². The summed E-state index contributed by atoms with van der Waals surface area (Å²) in [6.45, 7) is 10.8. The third-order valence-electron chi connectivity index (χ3n) is 2.58. The van der Waals surface area contributed by atoms with Crippen molar-refractivity contribution in [1.82, 2.24) is 10.2 Å². The lowest BCUT2D eigenvalue weighted by Gasteiger charge is -2.22. The number of amides is 2. The summed E-state index contributed by atoms with van der Waals surface area (Å²) in [4.78, 5) is 24.9. The predicted molar refractivity (Wildman–Crippen MR) is 62.9 cm³/mol. The van der Waals surface area contributed by atoms with Crippen molar-refractivity contribution in [2.75, 3.05) is 6.54 Å². The Hall–Kier alpha value is -0.900. The van der Waals surface area contributed by atoms with Gasteiger partial charge in [0.15, 0.2) is 0 Å². The third-order valence-corrected chi connectivity index (χ3v) is 2.58. The van der Waals surface area contributed by atoms with Gasteiger partial charge in [-0.2, -0.15) is 0 Å². The first-order valence-electron chi connectivity index (χ1n) is 5.81. The number of carbonyl (C=O) groups is 2. The Morgan fingerprint density at radius 3 is 2.31 bits per heavy atom. The molecule has 1 N–H and O–H groups in total. The average molecular weight is 226 g/mol. The van der Waals surface area contributed by atoms with Crippen LogP contribution in [-0.2, 0) is 9.59 Å². The number of likely N-dealkylation sites (tertiary alicyclic amines) is 1. The minimum atomic E-state index is -0.325. The average Bonchev–Trinajstić information content (AvgIpc) is 2.36. The molecule has 1 saturated heterocycles. The Labute approximate surface area is 97.4 Å². The van der Waals surface area contributed by atoms with Gasteiger partial charge in [0.1, 0.15) is 0 Å². The van der Waals surface area contributed by atoms with Crippen LogP contribution in [0.3, 0.4) is 0 Å². The first-order chi connectivity index (χ1) is 7.22. The third kappa shape index (κ3) is 3.04. The molecule has 4 heteroatoms. The van der Waals surface area contributed by atoms with E-state index < -0.39 is 0 Å². The molecule has 0 aliphatic carbocycles. The molecule has 1 fully saturated rings. The molecule has 1 heterocycles. The maximum Gasteiger partial charge on any atom is 0.247 e. The van der Waals surface area contributed by atoms with Gasteiger partial charge in [-0.15, -0.1) is 0 Å². The molecule has 92 valence electrons. The van der Waals surface area contributed by atoms with E-state index in [-0.39, 0.29) is 29.3 Å². The van der Waals surface area contributed by atoms with Crippen molar-refractivity contribution in [3.05, 3.63) is 0 Å². The summed E-state index contributed by atoms with van der Waals surface area (Å²) >= 11 is 0. The smallest absolute Gasteiger partial charge is 0.247 e. The van der Waals surface area contributed by atoms with E-state index in [9.17, 15) is 9.59 Å². The molecule has 0 radical (unpaired) electrons. The zero-order valence-electron chi connectivity index (χ0n) is 10.8. The molecule has 1 aliphatic heterocycles. The summed E-state index contributed by atoms with van der Waals surface area (Å²) in [7, 11) is 0. The SMILES string of the molecule is CC(C)N1C(=O)CC(NCC(C)(C)C)C1=O. The molecular formula is C12H22N2O2. The van der Waals surface area contributed by atoms with Crippen LogP contribution in [-0.4, -0.2) is 35.3 Å². The maximum absolute atomic E-state index is 11.9. The van der Waals surface area contributed by atoms with Crippen molar-refractivity contribution < 1.29 is 9.59 Å². The van der Waals surface area contributed by atoms with Gasteiger partial charge in [0.25, 0.3) is 0 Å². The quantitative estimate of drug-likeness (QED) is 0.735. The molecule has 0 saturated carbocycles. The summed E-state index contributed by atoms with van der Waals surface area (Å²) in [5, 5.41) is 3.17. The van der Waals surface area contributed by atoms with Crippen molar-refractivity contribution >= 4 is 11.8 Å². The van der Waals surface area contributed by atoms with Crippen LogP contribution in [0, 0.1) is 5.41 Å². The van der Waals surface area contributed by atoms with Crippen LogP contribution in [0.2, 0.25) is 0 Å². The molecule has 0 aromatic heterocycles. The predicted octanol–water partition coefficient (Wildman–Crippen LogP) is 1.16. The standard InChI is InChI=1S/C12H22N2O2/c1-8(2)14-10(15)6-9(11(14)16)13-7-12(3,4)5/h8-9,13H,6-7H2,1-5H3. The Bertz CT molecular complexity index is 292. The van der Waals surface area contributed by atoms with Crippen molar-refractivity contribution in [3.8, 4) is 0 Å². The van der Waals surface area contributed by atoms with Gasteiger partial charge in [0.2, 0.25) is 11.8 Å². The van der Waals surface area contributed by atoms with Gasteiger partial charge in [-0.3, -0.25) is 14.5 Å². The van der Waals surface area contributed by atoms with Crippen molar-refractivity contribution in [2.45, 2.75) is 53.1 Å². The minimum absolute atomic E-state index is 0.0403. The molecule has 0 bridgehead atoms. The number of imide groups is 1. The van der Waals surface area contributed by atoms with Crippen LogP contribution in [0.4, 0.5) is 0 Å². The van der Waals surface area contributed by atoms with Crippen LogP contribution >= 0.6 is 0 Å². The van der Waals surface area contributed by atoms with E-state index in [0.717, 1.165) is 6.54 Å². The summed E-state index contributed by atoms with van der Waals surface area (Å²) < 4.78 is 0. The fourth-order valence-corrected chi connectivity index (χ4v) is 1.78. The first kappa shape index (κ1) is 13.2. The molecule has 0 aromatic carbocycles. The Morgan fingerprint density at radius 2 is 1.94 bits per heavy atom. The lowest BCUT2D eigenvalue weighted by molar-refractivity contribution is -0.140. The molecule has 0 aromatic rings.